The number of ether oxygens (including phenoxy) is 1. The van der Waals surface area contributed by atoms with Crippen LogP contribution in [-0.4, -0.2) is 10.5 Å². The minimum absolute atomic E-state index is 0.0319. The van der Waals surface area contributed by atoms with Crippen molar-refractivity contribution < 1.29 is 4.74 Å². The molecule has 0 radical (unpaired) electrons. The standard InChI is InChI=1S/C17H21ClN2O/c1-12-6-5-7-14(8-12)21-16-9-13(15(18)11-19-16)10-20-17(2,3)4/h5-9,11,20H,10H2,1-4H3. The highest BCUT2D eigenvalue weighted by Crippen LogP contribution is 2.24. The molecule has 0 bridgehead atoms. The van der Waals surface area contributed by atoms with E-state index in [1.165, 1.54) is 0 Å². The number of aromatic nitrogens is 1. The van der Waals surface area contributed by atoms with Crippen LogP contribution in [0.25, 0.3) is 0 Å². The van der Waals surface area contributed by atoms with Crippen molar-refractivity contribution in [3.05, 3.63) is 52.7 Å². The van der Waals surface area contributed by atoms with Crippen LogP contribution in [0.4, 0.5) is 0 Å². The van der Waals surface area contributed by atoms with Gasteiger partial charge >= 0.3 is 0 Å². The van der Waals surface area contributed by atoms with E-state index in [0.717, 1.165) is 16.9 Å². The first-order valence-corrected chi connectivity index (χ1v) is 7.35. The molecule has 0 aliphatic carbocycles. The number of hydrogen-bond acceptors (Lipinski definition) is 3. The van der Waals surface area contributed by atoms with Gasteiger partial charge in [-0.1, -0.05) is 23.7 Å². The average molecular weight is 305 g/mol. The highest BCUT2D eigenvalue weighted by Gasteiger charge is 2.11. The number of halogens is 1. The van der Waals surface area contributed by atoms with E-state index in [2.05, 4.69) is 31.1 Å². The third-order valence-corrected chi connectivity index (χ3v) is 3.27. The molecule has 2 rings (SSSR count). The summed E-state index contributed by atoms with van der Waals surface area (Å²) in [6.07, 6.45) is 1.63. The zero-order chi connectivity index (χ0) is 15.5. The van der Waals surface area contributed by atoms with Crippen LogP contribution in [-0.2, 0) is 6.54 Å². The van der Waals surface area contributed by atoms with Crippen molar-refractivity contribution in [2.75, 3.05) is 0 Å². The second-order valence-electron chi connectivity index (χ2n) is 6.14. The van der Waals surface area contributed by atoms with Crippen LogP contribution in [0, 0.1) is 6.92 Å². The molecular weight excluding hydrogens is 284 g/mol. The lowest BCUT2D eigenvalue weighted by Gasteiger charge is -2.21. The Morgan fingerprint density at radius 1 is 1.24 bits per heavy atom. The fourth-order valence-electron chi connectivity index (χ4n) is 1.81. The van der Waals surface area contributed by atoms with E-state index in [9.17, 15) is 0 Å². The summed E-state index contributed by atoms with van der Waals surface area (Å²) >= 11 is 6.20. The molecule has 0 unspecified atom stereocenters. The summed E-state index contributed by atoms with van der Waals surface area (Å²) in [6, 6.07) is 9.76. The van der Waals surface area contributed by atoms with Gasteiger partial charge in [0.15, 0.2) is 0 Å². The van der Waals surface area contributed by atoms with Gasteiger partial charge in [0.25, 0.3) is 0 Å². The lowest BCUT2D eigenvalue weighted by atomic mass is 10.1. The molecule has 1 heterocycles. The number of rotatable bonds is 4. The number of nitrogens with one attached hydrogen (secondary N) is 1. The Morgan fingerprint density at radius 3 is 2.67 bits per heavy atom. The topological polar surface area (TPSA) is 34.1 Å². The molecule has 1 aromatic heterocycles. The molecule has 21 heavy (non-hydrogen) atoms. The van der Waals surface area contributed by atoms with E-state index in [-0.39, 0.29) is 5.54 Å². The van der Waals surface area contributed by atoms with Crippen LogP contribution < -0.4 is 10.1 Å². The molecule has 0 saturated heterocycles. The van der Waals surface area contributed by atoms with E-state index in [0.29, 0.717) is 17.4 Å². The Labute approximate surface area is 131 Å². The quantitative estimate of drug-likeness (QED) is 0.887. The second kappa shape index (κ2) is 6.46. The summed E-state index contributed by atoms with van der Waals surface area (Å²) in [6.45, 7) is 9.06. The SMILES string of the molecule is Cc1cccc(Oc2cc(CNC(C)(C)C)c(Cl)cn2)c1. The van der Waals surface area contributed by atoms with E-state index >= 15 is 0 Å². The third kappa shape index (κ3) is 5.03. The smallest absolute Gasteiger partial charge is 0.219 e. The molecule has 2 aromatic rings. The first-order chi connectivity index (χ1) is 9.83. The van der Waals surface area contributed by atoms with Gasteiger partial charge in [-0.3, -0.25) is 0 Å². The van der Waals surface area contributed by atoms with Crippen LogP contribution in [0.2, 0.25) is 5.02 Å². The van der Waals surface area contributed by atoms with Gasteiger partial charge in [0, 0.05) is 24.3 Å². The van der Waals surface area contributed by atoms with Crippen LogP contribution in [0.5, 0.6) is 11.6 Å². The molecular formula is C17H21ClN2O. The summed E-state index contributed by atoms with van der Waals surface area (Å²) in [4.78, 5) is 4.23. The molecule has 112 valence electrons. The van der Waals surface area contributed by atoms with Crippen molar-refractivity contribution in [1.82, 2.24) is 10.3 Å². The fourth-order valence-corrected chi connectivity index (χ4v) is 1.98. The number of nitrogens with zero attached hydrogens (tertiary/aromatic N) is 1. The molecule has 1 N–H and O–H groups in total. The Balaban J connectivity index is 2.14. The summed E-state index contributed by atoms with van der Waals surface area (Å²) in [5.74, 6) is 1.33. The van der Waals surface area contributed by atoms with Crippen molar-refractivity contribution in [1.29, 1.82) is 0 Å². The lowest BCUT2D eigenvalue weighted by molar-refractivity contribution is 0.422. The summed E-state index contributed by atoms with van der Waals surface area (Å²) in [7, 11) is 0. The van der Waals surface area contributed by atoms with Gasteiger partial charge in [-0.2, -0.15) is 0 Å². The number of pyridine rings is 1. The monoisotopic (exact) mass is 304 g/mol. The van der Waals surface area contributed by atoms with Crippen LogP contribution in [0.3, 0.4) is 0 Å². The third-order valence-electron chi connectivity index (χ3n) is 2.93. The number of benzene rings is 1. The average Bonchev–Trinajstić information content (AvgIpc) is 2.38. The maximum Gasteiger partial charge on any atom is 0.219 e. The predicted octanol–water partition coefficient (Wildman–Crippen LogP) is 4.72. The summed E-state index contributed by atoms with van der Waals surface area (Å²) in [5, 5.41) is 4.05. The van der Waals surface area contributed by atoms with Crippen molar-refractivity contribution in [3.8, 4) is 11.6 Å². The summed E-state index contributed by atoms with van der Waals surface area (Å²) in [5.41, 5.74) is 2.16. The molecule has 0 atom stereocenters. The van der Waals surface area contributed by atoms with E-state index in [1.807, 2.05) is 37.3 Å². The second-order valence-corrected chi connectivity index (χ2v) is 6.54. The van der Waals surface area contributed by atoms with Gasteiger partial charge < -0.3 is 10.1 Å². The normalized spacial score (nSPS) is 11.5. The van der Waals surface area contributed by atoms with Crippen LogP contribution >= 0.6 is 11.6 Å². The molecule has 0 fully saturated rings. The summed E-state index contributed by atoms with van der Waals surface area (Å²) < 4.78 is 5.79. The lowest BCUT2D eigenvalue weighted by Crippen LogP contribution is -2.35. The molecule has 0 amide bonds. The van der Waals surface area contributed by atoms with Crippen molar-refractivity contribution in [3.63, 3.8) is 0 Å². The zero-order valence-electron chi connectivity index (χ0n) is 12.9. The van der Waals surface area contributed by atoms with Gasteiger partial charge in [0.1, 0.15) is 5.75 Å². The minimum atomic E-state index is 0.0319. The molecule has 3 nitrogen and oxygen atoms in total. The van der Waals surface area contributed by atoms with Gasteiger partial charge in [-0.15, -0.1) is 0 Å². The highest BCUT2D eigenvalue weighted by atomic mass is 35.5. The Morgan fingerprint density at radius 2 is 2.00 bits per heavy atom. The first-order valence-electron chi connectivity index (χ1n) is 6.97. The Hall–Kier alpha value is -1.58. The Kier molecular flexibility index (Phi) is 4.86. The maximum absolute atomic E-state index is 6.20. The van der Waals surface area contributed by atoms with Crippen molar-refractivity contribution in [2.45, 2.75) is 39.8 Å². The van der Waals surface area contributed by atoms with Gasteiger partial charge in [0.2, 0.25) is 5.88 Å². The predicted molar refractivity (Wildman–Crippen MR) is 87.1 cm³/mol. The van der Waals surface area contributed by atoms with Gasteiger partial charge in [0.05, 0.1) is 5.02 Å². The Bertz CT molecular complexity index is 620. The van der Waals surface area contributed by atoms with Gasteiger partial charge in [-0.05, 0) is 51.0 Å². The van der Waals surface area contributed by atoms with Crippen molar-refractivity contribution >= 4 is 11.6 Å². The highest BCUT2D eigenvalue weighted by molar-refractivity contribution is 6.31. The van der Waals surface area contributed by atoms with Gasteiger partial charge in [-0.25, -0.2) is 4.98 Å². The molecule has 0 saturated carbocycles. The van der Waals surface area contributed by atoms with Crippen LogP contribution in [0.15, 0.2) is 36.5 Å². The number of hydrogen-bond donors (Lipinski definition) is 1. The fraction of sp³-hybridized carbons (Fsp3) is 0.353. The zero-order valence-corrected chi connectivity index (χ0v) is 13.7. The first kappa shape index (κ1) is 15.8. The molecule has 0 aliphatic heterocycles. The van der Waals surface area contributed by atoms with E-state index in [4.69, 9.17) is 16.3 Å². The largest absolute Gasteiger partial charge is 0.439 e. The maximum atomic E-state index is 6.20. The van der Waals surface area contributed by atoms with Crippen molar-refractivity contribution in [2.24, 2.45) is 0 Å². The number of aryl methyl sites for hydroxylation is 1. The molecule has 0 aliphatic rings. The molecule has 4 heteroatoms. The minimum Gasteiger partial charge on any atom is -0.439 e. The van der Waals surface area contributed by atoms with Crippen LogP contribution in [0.1, 0.15) is 31.9 Å². The molecule has 1 aromatic carbocycles. The van der Waals surface area contributed by atoms with E-state index in [1.54, 1.807) is 6.20 Å². The molecule has 0 spiro atoms. The van der Waals surface area contributed by atoms with E-state index < -0.39 is 0 Å².